The molecule has 0 atom stereocenters. The molecule has 1 aliphatic rings. The van der Waals surface area contributed by atoms with Gasteiger partial charge in [0, 0.05) is 5.56 Å². The molecule has 0 aliphatic carbocycles. The SMILES string of the molecule is CCOC(=O)CN1C(C(=O)OCC)=C(O)c2ccccc2S1(=O)=O. The molecule has 0 fully saturated rings. The lowest BCUT2D eigenvalue weighted by Crippen LogP contribution is -2.42. The van der Waals surface area contributed by atoms with Crippen molar-refractivity contribution < 1.29 is 32.6 Å². The predicted molar refractivity (Wildman–Crippen MR) is 83.1 cm³/mol. The van der Waals surface area contributed by atoms with Gasteiger partial charge >= 0.3 is 11.9 Å². The lowest BCUT2D eigenvalue weighted by molar-refractivity contribution is -0.143. The first kappa shape index (κ1) is 17.8. The highest BCUT2D eigenvalue weighted by molar-refractivity contribution is 7.89. The molecule has 1 aliphatic heterocycles. The minimum Gasteiger partial charge on any atom is -0.505 e. The Balaban J connectivity index is 2.63. The van der Waals surface area contributed by atoms with Crippen molar-refractivity contribution in [2.45, 2.75) is 18.7 Å². The van der Waals surface area contributed by atoms with Crippen LogP contribution in [0.25, 0.3) is 5.76 Å². The fourth-order valence-corrected chi connectivity index (χ4v) is 3.86. The molecule has 0 aromatic heterocycles. The average Bonchev–Trinajstić information content (AvgIpc) is 2.53. The third-order valence-corrected chi connectivity index (χ3v) is 5.03. The number of ether oxygens (including phenoxy) is 2. The molecule has 0 saturated heterocycles. The van der Waals surface area contributed by atoms with Gasteiger partial charge in [-0.25, -0.2) is 17.5 Å². The van der Waals surface area contributed by atoms with E-state index in [1.54, 1.807) is 6.92 Å². The molecule has 0 spiro atoms. The summed E-state index contributed by atoms with van der Waals surface area (Å²) in [4.78, 5) is 23.7. The Labute approximate surface area is 139 Å². The molecule has 0 saturated carbocycles. The Kier molecular flexibility index (Phi) is 5.13. The summed E-state index contributed by atoms with van der Waals surface area (Å²) in [5.74, 6) is -2.46. The third-order valence-electron chi connectivity index (χ3n) is 3.23. The molecule has 1 aromatic rings. The van der Waals surface area contributed by atoms with Crippen LogP contribution in [-0.2, 0) is 29.1 Å². The lowest BCUT2D eigenvalue weighted by Gasteiger charge is -2.30. The van der Waals surface area contributed by atoms with Gasteiger partial charge in [0.15, 0.2) is 11.5 Å². The number of nitrogens with zero attached hydrogens (tertiary/aromatic N) is 1. The molecule has 8 nitrogen and oxygen atoms in total. The zero-order chi connectivity index (χ0) is 17.9. The standard InChI is InChI=1S/C15H17NO7S/c1-3-22-12(17)9-16-13(15(19)23-4-2)14(18)10-7-5-6-8-11(10)24(16,20)21/h5-8,18H,3-4,9H2,1-2H3. The van der Waals surface area contributed by atoms with Gasteiger partial charge in [-0.3, -0.25) is 4.79 Å². The maximum absolute atomic E-state index is 12.8. The van der Waals surface area contributed by atoms with Gasteiger partial charge in [-0.15, -0.1) is 0 Å². The molecule has 1 N–H and O–H groups in total. The Morgan fingerprint density at radius 2 is 1.75 bits per heavy atom. The zero-order valence-electron chi connectivity index (χ0n) is 13.2. The number of benzene rings is 1. The largest absolute Gasteiger partial charge is 0.505 e. The van der Waals surface area contributed by atoms with Crippen molar-refractivity contribution in [2.75, 3.05) is 19.8 Å². The number of esters is 2. The van der Waals surface area contributed by atoms with Crippen molar-refractivity contribution in [2.24, 2.45) is 0 Å². The van der Waals surface area contributed by atoms with E-state index in [9.17, 15) is 23.1 Å². The predicted octanol–water partition coefficient (Wildman–Crippen LogP) is 1.04. The second-order valence-corrected chi connectivity index (χ2v) is 6.56. The van der Waals surface area contributed by atoms with Crippen molar-refractivity contribution in [3.63, 3.8) is 0 Å². The fourth-order valence-electron chi connectivity index (χ4n) is 2.26. The molecule has 130 valence electrons. The summed E-state index contributed by atoms with van der Waals surface area (Å²) in [5.41, 5.74) is -0.635. The van der Waals surface area contributed by atoms with Crippen LogP contribution in [0.4, 0.5) is 0 Å². The van der Waals surface area contributed by atoms with Crippen molar-refractivity contribution in [3.8, 4) is 0 Å². The fraction of sp³-hybridized carbons (Fsp3) is 0.333. The number of aliphatic hydroxyl groups is 1. The summed E-state index contributed by atoms with van der Waals surface area (Å²) in [5, 5.41) is 10.4. The molecule has 2 rings (SSSR count). The number of carbonyl (C=O) groups is 2. The smallest absolute Gasteiger partial charge is 0.359 e. The van der Waals surface area contributed by atoms with Gasteiger partial charge < -0.3 is 14.6 Å². The molecule has 0 unspecified atom stereocenters. The minimum atomic E-state index is -4.23. The first-order chi connectivity index (χ1) is 11.3. The summed E-state index contributed by atoms with van der Waals surface area (Å²) < 4.78 is 35.6. The number of rotatable bonds is 5. The number of hydrogen-bond donors (Lipinski definition) is 1. The van der Waals surface area contributed by atoms with Crippen LogP contribution in [0.15, 0.2) is 34.9 Å². The van der Waals surface area contributed by atoms with Gasteiger partial charge in [0.25, 0.3) is 10.0 Å². The monoisotopic (exact) mass is 355 g/mol. The van der Waals surface area contributed by atoms with Crippen LogP contribution in [0.1, 0.15) is 19.4 Å². The van der Waals surface area contributed by atoms with Crippen molar-refractivity contribution in [1.29, 1.82) is 0 Å². The lowest BCUT2D eigenvalue weighted by atomic mass is 10.1. The van der Waals surface area contributed by atoms with E-state index in [4.69, 9.17) is 9.47 Å². The van der Waals surface area contributed by atoms with Gasteiger partial charge in [0.1, 0.15) is 6.54 Å². The first-order valence-electron chi connectivity index (χ1n) is 7.22. The topological polar surface area (TPSA) is 110 Å². The zero-order valence-corrected chi connectivity index (χ0v) is 14.0. The van der Waals surface area contributed by atoms with Crippen LogP contribution in [0, 0.1) is 0 Å². The third kappa shape index (κ3) is 3.07. The summed E-state index contributed by atoms with van der Waals surface area (Å²) in [7, 11) is -4.23. The first-order valence-corrected chi connectivity index (χ1v) is 8.66. The van der Waals surface area contributed by atoms with Crippen molar-refractivity contribution >= 4 is 27.7 Å². The molecule has 1 aromatic carbocycles. The van der Waals surface area contributed by atoms with Gasteiger partial charge in [-0.1, -0.05) is 12.1 Å². The van der Waals surface area contributed by atoms with Crippen LogP contribution in [0.3, 0.4) is 0 Å². The number of sulfonamides is 1. The van der Waals surface area contributed by atoms with E-state index in [1.165, 1.54) is 31.2 Å². The highest BCUT2D eigenvalue weighted by Gasteiger charge is 2.41. The van der Waals surface area contributed by atoms with E-state index in [1.807, 2.05) is 0 Å². The van der Waals surface area contributed by atoms with E-state index >= 15 is 0 Å². The van der Waals surface area contributed by atoms with Crippen LogP contribution in [0.2, 0.25) is 0 Å². The molecule has 24 heavy (non-hydrogen) atoms. The molecule has 9 heteroatoms. The minimum absolute atomic E-state index is 0.0233. The van der Waals surface area contributed by atoms with Gasteiger partial charge in [0.2, 0.25) is 0 Å². The Morgan fingerprint density at radius 3 is 2.38 bits per heavy atom. The van der Waals surface area contributed by atoms with E-state index in [2.05, 4.69) is 0 Å². The van der Waals surface area contributed by atoms with Crippen LogP contribution in [0.5, 0.6) is 0 Å². The maximum Gasteiger partial charge on any atom is 0.359 e. The summed E-state index contributed by atoms with van der Waals surface area (Å²) in [6.07, 6.45) is 0. The van der Waals surface area contributed by atoms with E-state index in [-0.39, 0.29) is 23.7 Å². The van der Waals surface area contributed by atoms with Gasteiger partial charge in [-0.05, 0) is 26.0 Å². The highest BCUT2D eigenvalue weighted by Crippen LogP contribution is 2.35. The Morgan fingerprint density at radius 1 is 1.12 bits per heavy atom. The summed E-state index contributed by atoms with van der Waals surface area (Å²) >= 11 is 0. The molecule has 0 bridgehead atoms. The van der Waals surface area contributed by atoms with Crippen LogP contribution >= 0.6 is 0 Å². The summed E-state index contributed by atoms with van der Waals surface area (Å²) in [6, 6.07) is 5.64. The number of hydrogen-bond acceptors (Lipinski definition) is 7. The molecule has 0 radical (unpaired) electrons. The van der Waals surface area contributed by atoms with E-state index < -0.39 is 40.0 Å². The second-order valence-electron chi connectivity index (χ2n) is 4.73. The molecule has 1 heterocycles. The number of aliphatic hydroxyl groups excluding tert-OH is 1. The highest BCUT2D eigenvalue weighted by atomic mass is 32.2. The van der Waals surface area contributed by atoms with Gasteiger partial charge in [-0.2, -0.15) is 0 Å². The molecular weight excluding hydrogens is 338 g/mol. The van der Waals surface area contributed by atoms with Gasteiger partial charge in [0.05, 0.1) is 18.1 Å². The molecular formula is C15H17NO7S. The van der Waals surface area contributed by atoms with Crippen molar-refractivity contribution in [3.05, 3.63) is 35.5 Å². The number of fused-ring (bicyclic) bond motifs is 1. The Bertz CT molecular complexity index is 798. The van der Waals surface area contributed by atoms with E-state index in [0.29, 0.717) is 4.31 Å². The van der Waals surface area contributed by atoms with E-state index in [0.717, 1.165) is 0 Å². The maximum atomic E-state index is 12.8. The molecule has 0 amide bonds. The van der Waals surface area contributed by atoms with Crippen molar-refractivity contribution in [1.82, 2.24) is 4.31 Å². The summed E-state index contributed by atoms with van der Waals surface area (Å²) in [6.45, 7) is 2.38. The van der Waals surface area contributed by atoms with Crippen LogP contribution < -0.4 is 0 Å². The average molecular weight is 355 g/mol. The second kappa shape index (κ2) is 6.91. The van der Waals surface area contributed by atoms with Crippen LogP contribution in [-0.4, -0.2) is 49.5 Å². The quantitative estimate of drug-likeness (QED) is 0.786. The number of carbonyl (C=O) groups excluding carboxylic acids is 2. The Hall–Kier alpha value is -2.55. The normalized spacial score (nSPS) is 15.7.